The molecule has 0 aliphatic carbocycles. The van der Waals surface area contributed by atoms with Crippen LogP contribution in [-0.4, -0.2) is 29.0 Å². The molecular weight excluding hydrogens is 256 g/mol. The van der Waals surface area contributed by atoms with E-state index in [0.717, 1.165) is 6.42 Å². The van der Waals surface area contributed by atoms with Crippen LogP contribution >= 0.6 is 11.6 Å². The van der Waals surface area contributed by atoms with Gasteiger partial charge in [0.1, 0.15) is 5.15 Å². The molecule has 2 atom stereocenters. The van der Waals surface area contributed by atoms with Gasteiger partial charge in [-0.3, -0.25) is 10.1 Å². The molecule has 7 heteroatoms. The summed E-state index contributed by atoms with van der Waals surface area (Å²) in [6, 6.07) is 0.842. The summed E-state index contributed by atoms with van der Waals surface area (Å²) in [6.07, 6.45) is 0.814. The van der Waals surface area contributed by atoms with Gasteiger partial charge < -0.3 is 10.5 Å². The minimum atomic E-state index is -0.608. The van der Waals surface area contributed by atoms with Gasteiger partial charge >= 0.3 is 0 Å². The number of nitrogens with two attached hydrogens (primary N) is 1. The Labute approximate surface area is 111 Å². The number of halogens is 1. The average molecular weight is 273 g/mol. The zero-order valence-corrected chi connectivity index (χ0v) is 11.4. The second-order valence-electron chi connectivity index (χ2n) is 3.96. The molecule has 1 amide bonds. The Bertz CT molecular complexity index is 428. The lowest BCUT2D eigenvalue weighted by Gasteiger charge is -2.17. The number of nitrogens with one attached hydrogen (secondary N) is 1. The number of carbonyl (C=O) groups excluding carboxylic acids is 1. The molecule has 100 valence electrons. The largest absolute Gasteiger partial charge is 0.481 e. The first kappa shape index (κ1) is 14.7. The third kappa shape index (κ3) is 3.82. The Morgan fingerprint density at radius 1 is 1.61 bits per heavy atom. The topological polar surface area (TPSA) is 90.1 Å². The molecule has 1 aromatic rings. The number of anilines is 1. The number of amides is 1. The van der Waals surface area contributed by atoms with Gasteiger partial charge in [0, 0.05) is 6.07 Å². The molecule has 0 spiro atoms. The maximum atomic E-state index is 11.8. The zero-order chi connectivity index (χ0) is 13.7. The maximum Gasteiger partial charge on any atom is 0.243 e. The fourth-order valence-electron chi connectivity index (χ4n) is 1.26. The summed E-state index contributed by atoms with van der Waals surface area (Å²) in [5.41, 5.74) is 5.80. The van der Waals surface area contributed by atoms with Crippen molar-refractivity contribution < 1.29 is 9.53 Å². The second-order valence-corrected chi connectivity index (χ2v) is 4.34. The lowest BCUT2D eigenvalue weighted by atomic mass is 10.00. The van der Waals surface area contributed by atoms with Gasteiger partial charge in [0.15, 0.2) is 0 Å². The third-order valence-electron chi connectivity index (χ3n) is 2.68. The van der Waals surface area contributed by atoms with Gasteiger partial charge in [0.05, 0.1) is 13.2 Å². The predicted molar refractivity (Wildman–Crippen MR) is 69.7 cm³/mol. The lowest BCUT2D eigenvalue weighted by Crippen LogP contribution is -2.41. The van der Waals surface area contributed by atoms with E-state index in [-0.39, 0.29) is 28.8 Å². The van der Waals surface area contributed by atoms with E-state index in [9.17, 15) is 4.79 Å². The van der Waals surface area contributed by atoms with Crippen molar-refractivity contribution >= 4 is 23.5 Å². The number of nitrogens with zero attached hydrogens (tertiary/aromatic N) is 2. The molecule has 1 unspecified atom stereocenters. The van der Waals surface area contributed by atoms with E-state index in [0.29, 0.717) is 0 Å². The van der Waals surface area contributed by atoms with Crippen LogP contribution < -0.4 is 15.8 Å². The van der Waals surface area contributed by atoms with Crippen LogP contribution in [0.25, 0.3) is 0 Å². The molecule has 3 N–H and O–H groups in total. The maximum absolute atomic E-state index is 11.8. The molecule has 1 heterocycles. The van der Waals surface area contributed by atoms with Gasteiger partial charge in [-0.2, -0.15) is 4.98 Å². The van der Waals surface area contributed by atoms with Crippen LogP contribution in [0.15, 0.2) is 6.07 Å². The van der Waals surface area contributed by atoms with E-state index in [2.05, 4.69) is 15.3 Å². The SMILES string of the molecule is CCC(C)[C@H](N)C(=O)Nc1nc(Cl)cc(OC)n1. The molecule has 0 saturated carbocycles. The van der Waals surface area contributed by atoms with Crippen LogP contribution in [0.2, 0.25) is 5.15 Å². The summed E-state index contributed by atoms with van der Waals surface area (Å²) in [5, 5.41) is 2.71. The highest BCUT2D eigenvalue weighted by Crippen LogP contribution is 2.16. The van der Waals surface area contributed by atoms with Gasteiger partial charge in [-0.15, -0.1) is 0 Å². The van der Waals surface area contributed by atoms with Crippen molar-refractivity contribution in [2.75, 3.05) is 12.4 Å². The first-order valence-electron chi connectivity index (χ1n) is 5.63. The molecule has 6 nitrogen and oxygen atoms in total. The molecule has 1 rings (SSSR count). The lowest BCUT2D eigenvalue weighted by molar-refractivity contribution is -0.118. The van der Waals surface area contributed by atoms with Crippen LogP contribution in [-0.2, 0) is 4.79 Å². The molecular formula is C11H17ClN4O2. The van der Waals surface area contributed by atoms with Crippen molar-refractivity contribution in [3.05, 3.63) is 11.2 Å². The summed E-state index contributed by atoms with van der Waals surface area (Å²) in [5.74, 6) is 0.102. The van der Waals surface area contributed by atoms with Crippen LogP contribution in [0.4, 0.5) is 5.95 Å². The van der Waals surface area contributed by atoms with E-state index in [4.69, 9.17) is 22.1 Å². The van der Waals surface area contributed by atoms with E-state index < -0.39 is 6.04 Å². The number of hydrogen-bond acceptors (Lipinski definition) is 5. The Balaban J connectivity index is 2.78. The monoisotopic (exact) mass is 272 g/mol. The van der Waals surface area contributed by atoms with E-state index >= 15 is 0 Å². The van der Waals surface area contributed by atoms with Gasteiger partial charge in [0.2, 0.25) is 17.7 Å². The third-order valence-corrected chi connectivity index (χ3v) is 2.87. The average Bonchev–Trinajstić information content (AvgIpc) is 2.35. The van der Waals surface area contributed by atoms with E-state index in [1.807, 2.05) is 13.8 Å². The quantitative estimate of drug-likeness (QED) is 0.792. The molecule has 0 aliphatic heterocycles. The minimum Gasteiger partial charge on any atom is -0.481 e. The standard InChI is InChI=1S/C11H17ClN4O2/c1-4-6(2)9(13)10(17)16-11-14-7(12)5-8(15-11)18-3/h5-6,9H,4,13H2,1-3H3,(H,14,15,16,17)/t6?,9-/m0/s1. The summed E-state index contributed by atoms with van der Waals surface area (Å²) >= 11 is 5.77. The smallest absolute Gasteiger partial charge is 0.243 e. The predicted octanol–water partition coefficient (Wildman–Crippen LogP) is 1.45. The molecule has 0 fully saturated rings. The molecule has 0 saturated heterocycles. The van der Waals surface area contributed by atoms with Crippen molar-refractivity contribution in [3.63, 3.8) is 0 Å². The minimum absolute atomic E-state index is 0.0751. The first-order chi connectivity index (χ1) is 8.47. The number of rotatable bonds is 5. The molecule has 0 radical (unpaired) electrons. The molecule has 0 aromatic carbocycles. The van der Waals surface area contributed by atoms with Crippen molar-refractivity contribution in [2.45, 2.75) is 26.3 Å². The first-order valence-corrected chi connectivity index (χ1v) is 6.00. The number of hydrogen-bond donors (Lipinski definition) is 2. The van der Waals surface area contributed by atoms with Gasteiger partial charge in [-0.05, 0) is 5.92 Å². The van der Waals surface area contributed by atoms with E-state index in [1.165, 1.54) is 13.2 Å². The molecule has 0 bridgehead atoms. The fourth-order valence-corrected chi connectivity index (χ4v) is 1.44. The highest BCUT2D eigenvalue weighted by Gasteiger charge is 2.20. The Hall–Kier alpha value is -1.40. The van der Waals surface area contributed by atoms with Gasteiger partial charge in [0.25, 0.3) is 0 Å². The normalized spacial score (nSPS) is 13.8. The summed E-state index contributed by atoms with van der Waals surface area (Å²) in [6.45, 7) is 3.88. The molecule has 0 aliphatic rings. The van der Waals surface area contributed by atoms with Crippen LogP contribution in [0.1, 0.15) is 20.3 Å². The summed E-state index contributed by atoms with van der Waals surface area (Å²) in [4.78, 5) is 19.7. The second kappa shape index (κ2) is 6.51. The van der Waals surface area contributed by atoms with Crippen LogP contribution in [0, 0.1) is 5.92 Å². The number of methoxy groups -OCH3 is 1. The number of aromatic nitrogens is 2. The molecule has 1 aromatic heterocycles. The van der Waals surface area contributed by atoms with Crippen LogP contribution in [0.5, 0.6) is 5.88 Å². The van der Waals surface area contributed by atoms with Crippen molar-refractivity contribution in [1.29, 1.82) is 0 Å². The van der Waals surface area contributed by atoms with E-state index in [1.54, 1.807) is 0 Å². The highest BCUT2D eigenvalue weighted by atomic mass is 35.5. The van der Waals surface area contributed by atoms with Crippen LogP contribution in [0.3, 0.4) is 0 Å². The fraction of sp³-hybridized carbons (Fsp3) is 0.545. The summed E-state index contributed by atoms with van der Waals surface area (Å²) in [7, 11) is 1.45. The molecule has 18 heavy (non-hydrogen) atoms. The Morgan fingerprint density at radius 2 is 2.28 bits per heavy atom. The van der Waals surface area contributed by atoms with Crippen molar-refractivity contribution in [3.8, 4) is 5.88 Å². The number of carbonyl (C=O) groups is 1. The summed E-state index contributed by atoms with van der Waals surface area (Å²) < 4.78 is 4.93. The highest BCUT2D eigenvalue weighted by molar-refractivity contribution is 6.29. The van der Waals surface area contributed by atoms with Crippen molar-refractivity contribution in [1.82, 2.24) is 9.97 Å². The van der Waals surface area contributed by atoms with Crippen molar-refractivity contribution in [2.24, 2.45) is 11.7 Å². The Morgan fingerprint density at radius 3 is 2.83 bits per heavy atom. The number of ether oxygens (including phenoxy) is 1. The Kier molecular flexibility index (Phi) is 5.30. The zero-order valence-electron chi connectivity index (χ0n) is 10.6. The van der Waals surface area contributed by atoms with Gasteiger partial charge in [-0.1, -0.05) is 31.9 Å². The van der Waals surface area contributed by atoms with Gasteiger partial charge in [-0.25, -0.2) is 4.98 Å².